The molecule has 2 heterocycles. The number of nitrogens with zero attached hydrogens (tertiary/aromatic N) is 2. The zero-order valence-corrected chi connectivity index (χ0v) is 9.13. The van der Waals surface area contributed by atoms with E-state index in [0.29, 0.717) is 12.5 Å². The van der Waals surface area contributed by atoms with Gasteiger partial charge in [-0.1, -0.05) is 0 Å². The van der Waals surface area contributed by atoms with E-state index in [4.69, 9.17) is 9.84 Å². The summed E-state index contributed by atoms with van der Waals surface area (Å²) >= 11 is 0. The molecule has 0 spiro atoms. The lowest BCUT2D eigenvalue weighted by Crippen LogP contribution is -2.22. The normalized spacial score (nSPS) is 17.5. The quantitative estimate of drug-likeness (QED) is 0.836. The summed E-state index contributed by atoms with van der Waals surface area (Å²) in [6, 6.07) is 2.27. The Morgan fingerprint density at radius 1 is 1.56 bits per heavy atom. The minimum absolute atomic E-state index is 0.162. The minimum atomic E-state index is -0.764. The van der Waals surface area contributed by atoms with Crippen LogP contribution in [0.25, 0.3) is 0 Å². The highest BCUT2D eigenvalue weighted by Gasteiger charge is 2.18. The molecule has 2 rings (SSSR count). The first kappa shape index (κ1) is 11.1. The van der Waals surface area contributed by atoms with Gasteiger partial charge in [0.05, 0.1) is 12.5 Å². The van der Waals surface area contributed by atoms with Crippen LogP contribution in [0.5, 0.6) is 0 Å². The number of aliphatic carboxylic acids is 1. The number of carboxylic acid groups (broad SMARTS) is 1. The van der Waals surface area contributed by atoms with Crippen molar-refractivity contribution in [1.29, 1.82) is 0 Å². The van der Waals surface area contributed by atoms with Crippen LogP contribution in [0, 0.1) is 0 Å². The van der Waals surface area contributed by atoms with Crippen molar-refractivity contribution in [3.8, 4) is 0 Å². The fraction of sp³-hybridized carbons (Fsp3) is 0.636. The highest BCUT2D eigenvalue weighted by molar-refractivity contribution is 5.66. The van der Waals surface area contributed by atoms with E-state index in [1.54, 1.807) is 6.20 Å². The molecule has 0 aromatic carbocycles. The number of ether oxygens (including phenoxy) is 1. The van der Waals surface area contributed by atoms with Crippen LogP contribution in [0.4, 0.5) is 0 Å². The number of carbonyl (C=O) groups is 1. The summed E-state index contributed by atoms with van der Waals surface area (Å²) in [5, 5.41) is 12.9. The van der Waals surface area contributed by atoms with Crippen LogP contribution in [0.2, 0.25) is 0 Å². The molecular weight excluding hydrogens is 208 g/mol. The predicted molar refractivity (Wildman–Crippen MR) is 57.3 cm³/mol. The Morgan fingerprint density at radius 2 is 2.31 bits per heavy atom. The maximum Gasteiger partial charge on any atom is 0.303 e. The third-order valence-electron chi connectivity index (χ3n) is 2.88. The van der Waals surface area contributed by atoms with E-state index in [2.05, 4.69) is 5.10 Å². The Balaban J connectivity index is 2.02. The lowest BCUT2D eigenvalue weighted by molar-refractivity contribution is -0.137. The average Bonchev–Trinajstić information content (AvgIpc) is 2.75. The van der Waals surface area contributed by atoms with Crippen LogP contribution < -0.4 is 0 Å². The van der Waals surface area contributed by atoms with Gasteiger partial charge in [-0.15, -0.1) is 0 Å². The van der Waals surface area contributed by atoms with Gasteiger partial charge in [-0.05, 0) is 25.3 Å². The summed E-state index contributed by atoms with van der Waals surface area (Å²) in [4.78, 5) is 10.5. The van der Waals surface area contributed by atoms with Gasteiger partial charge in [-0.3, -0.25) is 9.48 Å². The Morgan fingerprint density at radius 3 is 3.00 bits per heavy atom. The zero-order chi connectivity index (χ0) is 11.4. The van der Waals surface area contributed by atoms with Crippen LogP contribution in [-0.4, -0.2) is 34.1 Å². The van der Waals surface area contributed by atoms with Crippen molar-refractivity contribution >= 4 is 5.97 Å². The van der Waals surface area contributed by atoms with Gasteiger partial charge in [0.2, 0.25) is 0 Å². The maximum atomic E-state index is 10.5. The minimum Gasteiger partial charge on any atom is -0.481 e. The molecule has 0 radical (unpaired) electrons. The Kier molecular flexibility index (Phi) is 3.56. The van der Waals surface area contributed by atoms with E-state index in [0.717, 1.165) is 31.7 Å². The second-order valence-corrected chi connectivity index (χ2v) is 4.00. The molecule has 0 bridgehead atoms. The van der Waals surface area contributed by atoms with Gasteiger partial charge < -0.3 is 9.84 Å². The molecule has 1 aliphatic rings. The van der Waals surface area contributed by atoms with Crippen molar-refractivity contribution in [1.82, 2.24) is 9.78 Å². The first-order valence-corrected chi connectivity index (χ1v) is 5.59. The topological polar surface area (TPSA) is 64.3 Å². The first-order valence-electron chi connectivity index (χ1n) is 5.59. The molecule has 1 aromatic rings. The van der Waals surface area contributed by atoms with E-state index in [9.17, 15) is 4.79 Å². The number of hydrogen-bond donors (Lipinski definition) is 1. The smallest absolute Gasteiger partial charge is 0.303 e. The van der Waals surface area contributed by atoms with Gasteiger partial charge in [0.15, 0.2) is 0 Å². The molecule has 0 saturated carbocycles. The molecule has 5 heteroatoms. The number of aryl methyl sites for hydroxylation is 1. The van der Waals surface area contributed by atoms with Crippen LogP contribution in [0.3, 0.4) is 0 Å². The van der Waals surface area contributed by atoms with Crippen molar-refractivity contribution in [2.24, 2.45) is 0 Å². The summed E-state index contributed by atoms with van der Waals surface area (Å²) in [7, 11) is 0. The largest absolute Gasteiger partial charge is 0.481 e. The highest BCUT2D eigenvalue weighted by atomic mass is 16.5. The number of aromatic nitrogens is 2. The van der Waals surface area contributed by atoms with Crippen molar-refractivity contribution in [2.45, 2.75) is 31.7 Å². The maximum absolute atomic E-state index is 10.5. The van der Waals surface area contributed by atoms with E-state index in [1.807, 2.05) is 10.7 Å². The van der Waals surface area contributed by atoms with Gasteiger partial charge >= 0.3 is 5.97 Å². The predicted octanol–water partition coefficient (Wildman–Crippen LogP) is 1.25. The molecule has 5 nitrogen and oxygen atoms in total. The second kappa shape index (κ2) is 5.12. The van der Waals surface area contributed by atoms with Crippen LogP contribution in [0.1, 0.15) is 31.0 Å². The average molecular weight is 224 g/mol. The molecule has 0 aliphatic carbocycles. The van der Waals surface area contributed by atoms with Crippen molar-refractivity contribution in [3.05, 3.63) is 18.0 Å². The summed E-state index contributed by atoms with van der Waals surface area (Å²) in [6.45, 7) is 1.53. The third kappa shape index (κ3) is 2.61. The molecule has 1 fully saturated rings. The van der Waals surface area contributed by atoms with E-state index in [-0.39, 0.29) is 6.42 Å². The molecule has 88 valence electrons. The standard InChI is InChI=1S/C11H16N2O3/c14-11(15)2-1-9-3-6-12-13(9)10-4-7-16-8-5-10/h3,6,10H,1-2,4-5,7-8H2,(H,14,15). The summed E-state index contributed by atoms with van der Waals surface area (Å²) in [5.41, 5.74) is 1.01. The van der Waals surface area contributed by atoms with Gasteiger partial charge in [-0.2, -0.15) is 5.10 Å². The van der Waals surface area contributed by atoms with Crippen molar-refractivity contribution in [3.63, 3.8) is 0 Å². The highest BCUT2D eigenvalue weighted by Crippen LogP contribution is 2.22. The van der Waals surface area contributed by atoms with Crippen LogP contribution in [-0.2, 0) is 16.0 Å². The van der Waals surface area contributed by atoms with Gasteiger partial charge in [-0.25, -0.2) is 0 Å². The summed E-state index contributed by atoms with van der Waals surface area (Å²) in [6.07, 6.45) is 4.37. The number of hydrogen-bond acceptors (Lipinski definition) is 3. The molecule has 1 N–H and O–H groups in total. The molecule has 0 atom stereocenters. The molecule has 0 amide bonds. The third-order valence-corrected chi connectivity index (χ3v) is 2.88. The molecule has 1 saturated heterocycles. The lowest BCUT2D eigenvalue weighted by atomic mass is 10.1. The number of carboxylic acids is 1. The van der Waals surface area contributed by atoms with Crippen LogP contribution in [0.15, 0.2) is 12.3 Å². The Bertz CT molecular complexity index is 356. The fourth-order valence-corrected chi connectivity index (χ4v) is 2.03. The molecule has 0 unspecified atom stereocenters. The Hall–Kier alpha value is -1.36. The van der Waals surface area contributed by atoms with Gasteiger partial charge in [0, 0.05) is 25.1 Å². The van der Waals surface area contributed by atoms with Crippen molar-refractivity contribution < 1.29 is 14.6 Å². The monoisotopic (exact) mass is 224 g/mol. The molecule has 1 aromatic heterocycles. The van der Waals surface area contributed by atoms with E-state index in [1.165, 1.54) is 0 Å². The zero-order valence-electron chi connectivity index (χ0n) is 9.13. The lowest BCUT2D eigenvalue weighted by Gasteiger charge is -2.24. The SMILES string of the molecule is O=C(O)CCc1ccnn1C1CCOCC1. The van der Waals surface area contributed by atoms with Crippen LogP contribution >= 0.6 is 0 Å². The summed E-state index contributed by atoms with van der Waals surface area (Å²) < 4.78 is 7.26. The van der Waals surface area contributed by atoms with Gasteiger partial charge in [0.25, 0.3) is 0 Å². The molecule has 1 aliphatic heterocycles. The summed E-state index contributed by atoms with van der Waals surface area (Å²) in [5.74, 6) is -0.764. The molecular formula is C11H16N2O3. The van der Waals surface area contributed by atoms with Gasteiger partial charge in [0.1, 0.15) is 0 Å². The second-order valence-electron chi connectivity index (χ2n) is 4.00. The molecule has 16 heavy (non-hydrogen) atoms. The fourth-order valence-electron chi connectivity index (χ4n) is 2.03. The van der Waals surface area contributed by atoms with Crippen molar-refractivity contribution in [2.75, 3.05) is 13.2 Å². The van der Waals surface area contributed by atoms with E-state index < -0.39 is 5.97 Å². The van der Waals surface area contributed by atoms with E-state index >= 15 is 0 Å². The number of rotatable bonds is 4. The Labute approximate surface area is 94.0 Å². The first-order chi connectivity index (χ1) is 7.77.